The van der Waals surface area contributed by atoms with Gasteiger partial charge in [0.15, 0.2) is 0 Å². The molecule has 0 heterocycles. The molecule has 18 heavy (non-hydrogen) atoms. The van der Waals surface area contributed by atoms with E-state index in [-0.39, 0.29) is 0 Å². The molecule has 0 saturated carbocycles. The lowest BCUT2D eigenvalue weighted by Gasteiger charge is -2.23. The Morgan fingerprint density at radius 3 is 2.44 bits per heavy atom. The summed E-state index contributed by atoms with van der Waals surface area (Å²) in [7, 11) is 0. The van der Waals surface area contributed by atoms with E-state index >= 15 is 0 Å². The first-order valence-electron chi connectivity index (χ1n) is 6.04. The Kier molecular flexibility index (Phi) is 4.11. The van der Waals surface area contributed by atoms with Gasteiger partial charge in [0.2, 0.25) is 0 Å². The average Bonchev–Trinajstić information content (AvgIpc) is 2.39. The molecule has 0 aliphatic heterocycles. The summed E-state index contributed by atoms with van der Waals surface area (Å²) < 4.78 is 0. The Morgan fingerprint density at radius 1 is 1.11 bits per heavy atom. The van der Waals surface area contributed by atoms with Crippen molar-refractivity contribution in [3.8, 4) is 0 Å². The number of nitrogens with zero attached hydrogens (tertiary/aromatic N) is 1. The van der Waals surface area contributed by atoms with Crippen molar-refractivity contribution in [2.24, 2.45) is 0 Å². The van der Waals surface area contributed by atoms with Gasteiger partial charge in [-0.25, -0.2) is 0 Å². The van der Waals surface area contributed by atoms with Gasteiger partial charge in [-0.05, 0) is 36.8 Å². The van der Waals surface area contributed by atoms with Crippen LogP contribution in [-0.2, 0) is 6.54 Å². The van der Waals surface area contributed by atoms with Crippen LogP contribution in [0, 0.1) is 0 Å². The minimum atomic E-state index is 0.700. The predicted octanol–water partition coefficient (Wildman–Crippen LogP) is 3.95. The van der Waals surface area contributed by atoms with Gasteiger partial charge in [0.25, 0.3) is 0 Å². The Bertz CT molecular complexity index is 511. The Balaban J connectivity index is 2.21. The minimum absolute atomic E-state index is 0.700. The number of benzene rings is 2. The van der Waals surface area contributed by atoms with Crippen LogP contribution in [0.1, 0.15) is 12.5 Å². The van der Waals surface area contributed by atoms with Crippen LogP contribution in [0.15, 0.2) is 48.5 Å². The average molecular weight is 261 g/mol. The fraction of sp³-hybridized carbons (Fsp3) is 0.200. The van der Waals surface area contributed by atoms with Crippen molar-refractivity contribution in [3.63, 3.8) is 0 Å². The zero-order valence-corrected chi connectivity index (χ0v) is 11.2. The monoisotopic (exact) mass is 260 g/mol. The molecule has 0 bridgehead atoms. The van der Waals surface area contributed by atoms with Crippen LogP contribution in [0.2, 0.25) is 5.02 Å². The molecule has 2 nitrogen and oxygen atoms in total. The van der Waals surface area contributed by atoms with Gasteiger partial charge >= 0.3 is 0 Å². The first-order chi connectivity index (χ1) is 8.70. The Hall–Kier alpha value is -1.67. The molecule has 0 saturated heterocycles. The Labute approximate surface area is 113 Å². The van der Waals surface area contributed by atoms with E-state index in [4.69, 9.17) is 17.3 Å². The Morgan fingerprint density at radius 2 is 1.83 bits per heavy atom. The molecule has 0 aliphatic rings. The van der Waals surface area contributed by atoms with Crippen molar-refractivity contribution in [1.29, 1.82) is 0 Å². The van der Waals surface area contributed by atoms with Crippen LogP contribution in [0.4, 0.5) is 11.4 Å². The number of para-hydroxylation sites is 1. The van der Waals surface area contributed by atoms with Gasteiger partial charge in [0, 0.05) is 29.5 Å². The fourth-order valence-electron chi connectivity index (χ4n) is 1.92. The number of halogens is 1. The maximum Gasteiger partial charge on any atom is 0.0476 e. The summed E-state index contributed by atoms with van der Waals surface area (Å²) in [5.41, 5.74) is 8.70. The van der Waals surface area contributed by atoms with E-state index in [0.29, 0.717) is 5.69 Å². The van der Waals surface area contributed by atoms with Crippen molar-refractivity contribution in [1.82, 2.24) is 0 Å². The van der Waals surface area contributed by atoms with Gasteiger partial charge < -0.3 is 10.6 Å². The number of hydrogen-bond acceptors (Lipinski definition) is 2. The van der Waals surface area contributed by atoms with Gasteiger partial charge in [-0.15, -0.1) is 0 Å². The standard InChI is InChI=1S/C15H17ClN2/c1-2-18(14-6-4-3-5-7-14)11-12-8-9-13(17)10-15(12)16/h3-10H,2,11,17H2,1H3. The van der Waals surface area contributed by atoms with Crippen molar-refractivity contribution >= 4 is 23.0 Å². The van der Waals surface area contributed by atoms with E-state index < -0.39 is 0 Å². The zero-order chi connectivity index (χ0) is 13.0. The maximum absolute atomic E-state index is 6.21. The fourth-order valence-corrected chi connectivity index (χ4v) is 2.17. The topological polar surface area (TPSA) is 29.3 Å². The van der Waals surface area contributed by atoms with Crippen LogP contribution in [0.5, 0.6) is 0 Å². The quantitative estimate of drug-likeness (QED) is 0.844. The second kappa shape index (κ2) is 5.78. The molecule has 0 amide bonds. The summed E-state index contributed by atoms with van der Waals surface area (Å²) in [5.74, 6) is 0. The van der Waals surface area contributed by atoms with E-state index in [9.17, 15) is 0 Å². The summed E-state index contributed by atoms with van der Waals surface area (Å²) in [4.78, 5) is 2.28. The van der Waals surface area contributed by atoms with E-state index in [1.807, 2.05) is 30.3 Å². The lowest BCUT2D eigenvalue weighted by Crippen LogP contribution is -2.22. The van der Waals surface area contributed by atoms with Crippen molar-refractivity contribution in [2.75, 3.05) is 17.2 Å². The number of anilines is 2. The van der Waals surface area contributed by atoms with Gasteiger partial charge in [-0.3, -0.25) is 0 Å². The van der Waals surface area contributed by atoms with Crippen LogP contribution in [0.25, 0.3) is 0 Å². The molecule has 2 aromatic carbocycles. The molecule has 0 fully saturated rings. The van der Waals surface area contributed by atoms with E-state index in [0.717, 1.165) is 23.7 Å². The molecule has 3 heteroatoms. The third kappa shape index (κ3) is 2.96. The molecule has 2 N–H and O–H groups in total. The van der Waals surface area contributed by atoms with Gasteiger partial charge in [0.1, 0.15) is 0 Å². The molecular formula is C15H17ClN2. The smallest absolute Gasteiger partial charge is 0.0476 e. The van der Waals surface area contributed by atoms with Gasteiger partial charge in [0.05, 0.1) is 0 Å². The third-order valence-electron chi connectivity index (χ3n) is 2.94. The molecular weight excluding hydrogens is 244 g/mol. The second-order valence-corrected chi connectivity index (χ2v) is 4.61. The van der Waals surface area contributed by atoms with Crippen LogP contribution in [-0.4, -0.2) is 6.54 Å². The molecule has 0 radical (unpaired) electrons. The number of nitrogens with two attached hydrogens (primary N) is 1. The summed E-state index contributed by atoms with van der Waals surface area (Å²) >= 11 is 6.21. The number of nitrogen functional groups attached to an aromatic ring is 1. The first kappa shape index (κ1) is 12.8. The summed E-state index contributed by atoms with van der Waals surface area (Å²) in [6, 6.07) is 16.0. The normalized spacial score (nSPS) is 10.3. The predicted molar refractivity (Wildman–Crippen MR) is 79.0 cm³/mol. The highest BCUT2D eigenvalue weighted by Crippen LogP contribution is 2.23. The highest BCUT2D eigenvalue weighted by Gasteiger charge is 2.07. The molecule has 0 aromatic heterocycles. The van der Waals surface area contributed by atoms with Crippen LogP contribution in [0.3, 0.4) is 0 Å². The summed E-state index contributed by atoms with van der Waals surface area (Å²) in [6.45, 7) is 3.86. The molecule has 94 valence electrons. The highest BCUT2D eigenvalue weighted by molar-refractivity contribution is 6.31. The maximum atomic E-state index is 6.21. The van der Waals surface area contributed by atoms with Crippen LogP contribution < -0.4 is 10.6 Å². The van der Waals surface area contributed by atoms with Crippen molar-refractivity contribution in [2.45, 2.75) is 13.5 Å². The molecule has 2 aromatic rings. The first-order valence-corrected chi connectivity index (χ1v) is 6.42. The minimum Gasteiger partial charge on any atom is -0.399 e. The largest absolute Gasteiger partial charge is 0.399 e. The van der Waals surface area contributed by atoms with E-state index in [1.54, 1.807) is 6.07 Å². The lowest BCUT2D eigenvalue weighted by molar-refractivity contribution is 0.832. The second-order valence-electron chi connectivity index (χ2n) is 4.20. The molecule has 0 unspecified atom stereocenters. The molecule has 0 aliphatic carbocycles. The van der Waals surface area contributed by atoms with Crippen LogP contribution >= 0.6 is 11.6 Å². The van der Waals surface area contributed by atoms with Crippen molar-refractivity contribution in [3.05, 3.63) is 59.1 Å². The number of rotatable bonds is 4. The van der Waals surface area contributed by atoms with Crippen molar-refractivity contribution < 1.29 is 0 Å². The highest BCUT2D eigenvalue weighted by atomic mass is 35.5. The SMILES string of the molecule is CCN(Cc1ccc(N)cc1Cl)c1ccccc1. The van der Waals surface area contributed by atoms with E-state index in [1.165, 1.54) is 5.69 Å². The molecule has 2 rings (SSSR count). The molecule has 0 atom stereocenters. The van der Waals surface area contributed by atoms with E-state index in [2.05, 4.69) is 24.0 Å². The van der Waals surface area contributed by atoms with Gasteiger partial charge in [-0.2, -0.15) is 0 Å². The van der Waals surface area contributed by atoms with Gasteiger partial charge in [-0.1, -0.05) is 35.9 Å². The molecule has 0 spiro atoms. The number of hydrogen-bond donors (Lipinski definition) is 1. The lowest BCUT2D eigenvalue weighted by atomic mass is 10.1. The summed E-state index contributed by atoms with van der Waals surface area (Å²) in [5, 5.41) is 0.726. The third-order valence-corrected chi connectivity index (χ3v) is 3.29. The summed E-state index contributed by atoms with van der Waals surface area (Å²) in [6.07, 6.45) is 0. The zero-order valence-electron chi connectivity index (χ0n) is 10.4.